The lowest BCUT2D eigenvalue weighted by molar-refractivity contribution is -0.00555. The fourth-order valence-corrected chi connectivity index (χ4v) is 3.03. The first-order valence-electron chi connectivity index (χ1n) is 7.36. The maximum absolute atomic E-state index is 6.26. The number of benzene rings is 1. The number of methoxy groups -OCH3 is 1. The molecule has 2 N–H and O–H groups in total. The summed E-state index contributed by atoms with van der Waals surface area (Å²) in [5.74, 6) is 0.651. The van der Waals surface area contributed by atoms with E-state index in [0.29, 0.717) is 12.0 Å². The Kier molecular flexibility index (Phi) is 5.85. The van der Waals surface area contributed by atoms with Crippen LogP contribution in [0.3, 0.4) is 0 Å². The molecule has 1 aliphatic heterocycles. The van der Waals surface area contributed by atoms with Crippen LogP contribution in [0, 0.1) is 5.92 Å². The summed E-state index contributed by atoms with van der Waals surface area (Å²) in [4.78, 5) is 2.46. The van der Waals surface area contributed by atoms with Crippen LogP contribution in [0.25, 0.3) is 0 Å². The Morgan fingerprint density at radius 1 is 1.50 bits per heavy atom. The van der Waals surface area contributed by atoms with Crippen molar-refractivity contribution >= 4 is 11.6 Å². The lowest BCUT2D eigenvalue weighted by Crippen LogP contribution is -2.44. The molecule has 0 saturated carbocycles. The fourth-order valence-electron chi connectivity index (χ4n) is 2.83. The van der Waals surface area contributed by atoms with Crippen LogP contribution in [0.4, 0.5) is 0 Å². The first-order chi connectivity index (χ1) is 9.60. The standard InChI is InChI=1S/C16H25ClN2O/c1-12-6-8-19(11-16(12)20-2)9-7-15(18)13-4-3-5-14(17)10-13/h3-5,10,12,15-16H,6-9,11,18H2,1-2H3. The van der Waals surface area contributed by atoms with Crippen LogP contribution in [0.2, 0.25) is 5.02 Å². The summed E-state index contributed by atoms with van der Waals surface area (Å²) < 4.78 is 5.55. The zero-order valence-electron chi connectivity index (χ0n) is 12.4. The van der Waals surface area contributed by atoms with Crippen LogP contribution >= 0.6 is 11.6 Å². The number of nitrogens with two attached hydrogens (primary N) is 1. The van der Waals surface area contributed by atoms with Gasteiger partial charge in [-0.15, -0.1) is 0 Å². The van der Waals surface area contributed by atoms with Gasteiger partial charge in [-0.05, 0) is 43.0 Å². The molecular formula is C16H25ClN2O. The second kappa shape index (κ2) is 7.41. The molecule has 3 unspecified atom stereocenters. The molecule has 1 heterocycles. The van der Waals surface area contributed by atoms with Crippen molar-refractivity contribution in [2.24, 2.45) is 11.7 Å². The van der Waals surface area contributed by atoms with Crippen molar-refractivity contribution in [3.05, 3.63) is 34.9 Å². The highest BCUT2D eigenvalue weighted by molar-refractivity contribution is 6.30. The third kappa shape index (κ3) is 4.19. The molecule has 1 fully saturated rings. The largest absolute Gasteiger partial charge is 0.380 e. The lowest BCUT2D eigenvalue weighted by Gasteiger charge is -2.36. The van der Waals surface area contributed by atoms with E-state index in [-0.39, 0.29) is 6.04 Å². The Bertz CT molecular complexity index is 427. The molecule has 4 heteroatoms. The average Bonchev–Trinajstić information content (AvgIpc) is 2.46. The minimum Gasteiger partial charge on any atom is -0.380 e. The molecule has 3 nitrogen and oxygen atoms in total. The normalized spacial score (nSPS) is 25.6. The Hall–Kier alpha value is -0.610. The molecule has 0 bridgehead atoms. The minimum absolute atomic E-state index is 0.0500. The van der Waals surface area contributed by atoms with E-state index in [1.807, 2.05) is 31.4 Å². The predicted octanol–water partition coefficient (Wildman–Crippen LogP) is 3.09. The zero-order chi connectivity index (χ0) is 14.5. The van der Waals surface area contributed by atoms with E-state index in [1.165, 1.54) is 6.42 Å². The van der Waals surface area contributed by atoms with Crippen molar-refractivity contribution in [3.8, 4) is 0 Å². The molecule has 112 valence electrons. The quantitative estimate of drug-likeness (QED) is 0.907. The van der Waals surface area contributed by atoms with Gasteiger partial charge < -0.3 is 15.4 Å². The van der Waals surface area contributed by atoms with Gasteiger partial charge in [-0.25, -0.2) is 0 Å². The third-order valence-electron chi connectivity index (χ3n) is 4.31. The number of likely N-dealkylation sites (tertiary alicyclic amines) is 1. The molecule has 0 radical (unpaired) electrons. The van der Waals surface area contributed by atoms with E-state index in [9.17, 15) is 0 Å². The van der Waals surface area contributed by atoms with Gasteiger partial charge in [0.15, 0.2) is 0 Å². The van der Waals surface area contributed by atoms with Crippen molar-refractivity contribution in [1.29, 1.82) is 0 Å². The maximum Gasteiger partial charge on any atom is 0.0724 e. The SMILES string of the molecule is COC1CN(CCC(N)c2cccc(Cl)c2)CCC1C. The van der Waals surface area contributed by atoms with E-state index in [0.717, 1.165) is 36.6 Å². The molecule has 0 spiro atoms. The van der Waals surface area contributed by atoms with E-state index in [1.54, 1.807) is 0 Å². The average molecular weight is 297 g/mol. The van der Waals surface area contributed by atoms with Gasteiger partial charge in [-0.3, -0.25) is 0 Å². The van der Waals surface area contributed by atoms with Crippen molar-refractivity contribution in [3.63, 3.8) is 0 Å². The molecule has 1 aliphatic rings. The highest BCUT2D eigenvalue weighted by atomic mass is 35.5. The first kappa shape index (κ1) is 15.8. The number of halogens is 1. The summed E-state index contributed by atoms with van der Waals surface area (Å²) in [6, 6.07) is 7.90. The molecule has 0 aromatic heterocycles. The summed E-state index contributed by atoms with van der Waals surface area (Å²) in [6.45, 7) is 5.44. The third-order valence-corrected chi connectivity index (χ3v) is 4.54. The lowest BCUT2D eigenvalue weighted by atomic mass is 9.95. The predicted molar refractivity (Wildman–Crippen MR) is 84.0 cm³/mol. The van der Waals surface area contributed by atoms with Crippen LogP contribution in [-0.2, 0) is 4.74 Å². The summed E-state index contributed by atoms with van der Waals surface area (Å²) in [5, 5.41) is 0.754. The fraction of sp³-hybridized carbons (Fsp3) is 0.625. The van der Waals surface area contributed by atoms with E-state index >= 15 is 0 Å². The van der Waals surface area contributed by atoms with E-state index < -0.39 is 0 Å². The first-order valence-corrected chi connectivity index (χ1v) is 7.74. The summed E-state index contributed by atoms with van der Waals surface area (Å²) >= 11 is 6.01. The van der Waals surface area contributed by atoms with Gasteiger partial charge in [0, 0.05) is 31.3 Å². The smallest absolute Gasteiger partial charge is 0.0724 e. The monoisotopic (exact) mass is 296 g/mol. The van der Waals surface area contributed by atoms with Gasteiger partial charge in [0.2, 0.25) is 0 Å². The van der Waals surface area contributed by atoms with Crippen LogP contribution in [0.15, 0.2) is 24.3 Å². The van der Waals surface area contributed by atoms with Crippen molar-refractivity contribution < 1.29 is 4.74 Å². The van der Waals surface area contributed by atoms with Gasteiger partial charge in [0.1, 0.15) is 0 Å². The number of hydrogen-bond acceptors (Lipinski definition) is 3. The highest BCUT2D eigenvalue weighted by Gasteiger charge is 2.25. The molecule has 3 atom stereocenters. The highest BCUT2D eigenvalue weighted by Crippen LogP contribution is 2.22. The Morgan fingerprint density at radius 3 is 3.00 bits per heavy atom. The second-order valence-corrected chi connectivity index (χ2v) is 6.23. The molecule has 0 aliphatic carbocycles. The molecule has 0 amide bonds. The number of piperidine rings is 1. The summed E-state index contributed by atoms with van der Waals surface area (Å²) in [5.41, 5.74) is 7.38. The molecule has 1 saturated heterocycles. The molecular weight excluding hydrogens is 272 g/mol. The van der Waals surface area contributed by atoms with Crippen LogP contribution in [0.1, 0.15) is 31.4 Å². The summed E-state index contributed by atoms with van der Waals surface area (Å²) in [6.07, 6.45) is 2.50. The van der Waals surface area contributed by atoms with Crippen LogP contribution < -0.4 is 5.73 Å². The van der Waals surface area contributed by atoms with E-state index in [2.05, 4.69) is 11.8 Å². The number of ether oxygens (including phenoxy) is 1. The number of nitrogens with zero attached hydrogens (tertiary/aromatic N) is 1. The Balaban J connectivity index is 1.83. The molecule has 2 rings (SSSR count). The molecule has 1 aromatic carbocycles. The Morgan fingerprint density at radius 2 is 2.30 bits per heavy atom. The van der Waals surface area contributed by atoms with E-state index in [4.69, 9.17) is 22.1 Å². The van der Waals surface area contributed by atoms with Gasteiger partial charge in [0.05, 0.1) is 6.10 Å². The van der Waals surface area contributed by atoms with Gasteiger partial charge in [-0.2, -0.15) is 0 Å². The van der Waals surface area contributed by atoms with Crippen LogP contribution in [-0.4, -0.2) is 37.7 Å². The Labute approximate surface area is 127 Å². The van der Waals surface area contributed by atoms with Crippen molar-refractivity contribution in [1.82, 2.24) is 4.90 Å². The van der Waals surface area contributed by atoms with Crippen LogP contribution in [0.5, 0.6) is 0 Å². The molecule has 20 heavy (non-hydrogen) atoms. The van der Waals surface area contributed by atoms with Gasteiger partial charge in [0.25, 0.3) is 0 Å². The molecule has 1 aromatic rings. The summed E-state index contributed by atoms with van der Waals surface area (Å²) in [7, 11) is 1.81. The topological polar surface area (TPSA) is 38.5 Å². The second-order valence-electron chi connectivity index (χ2n) is 5.79. The van der Waals surface area contributed by atoms with Crippen molar-refractivity contribution in [2.75, 3.05) is 26.7 Å². The number of rotatable bonds is 5. The zero-order valence-corrected chi connectivity index (χ0v) is 13.1. The minimum atomic E-state index is 0.0500. The van der Waals surface area contributed by atoms with Crippen molar-refractivity contribution in [2.45, 2.75) is 31.9 Å². The maximum atomic E-state index is 6.26. The number of hydrogen-bond donors (Lipinski definition) is 1. The van der Waals surface area contributed by atoms with Gasteiger partial charge in [-0.1, -0.05) is 30.7 Å². The van der Waals surface area contributed by atoms with Gasteiger partial charge >= 0.3 is 0 Å².